The first-order valence-corrected chi connectivity index (χ1v) is 7.55. The lowest BCUT2D eigenvalue weighted by atomic mass is 9.90. The van der Waals surface area contributed by atoms with Crippen molar-refractivity contribution in [3.05, 3.63) is 29.3 Å². The predicted octanol–water partition coefficient (Wildman–Crippen LogP) is 3.33. The molecule has 1 aliphatic rings. The fourth-order valence-corrected chi connectivity index (χ4v) is 2.67. The second-order valence-electron chi connectivity index (χ2n) is 4.26. The van der Waals surface area contributed by atoms with E-state index in [-0.39, 0.29) is 0 Å². The van der Waals surface area contributed by atoms with Gasteiger partial charge < -0.3 is 9.94 Å². The monoisotopic (exact) mass is 265 g/mol. The van der Waals surface area contributed by atoms with Crippen LogP contribution in [-0.2, 0) is 6.42 Å². The van der Waals surface area contributed by atoms with E-state index in [9.17, 15) is 0 Å². The zero-order valence-corrected chi connectivity index (χ0v) is 11.5. The molecule has 1 aromatic carbocycles. The Balaban J connectivity index is 2.06. The van der Waals surface area contributed by atoms with Crippen LogP contribution in [0.4, 0.5) is 0 Å². The van der Waals surface area contributed by atoms with Crippen molar-refractivity contribution in [2.75, 3.05) is 18.1 Å². The number of ether oxygens (including phenoxy) is 1. The van der Waals surface area contributed by atoms with Gasteiger partial charge in [-0.3, -0.25) is 0 Å². The van der Waals surface area contributed by atoms with E-state index in [1.54, 1.807) is 0 Å². The van der Waals surface area contributed by atoms with Gasteiger partial charge in [-0.15, -0.1) is 0 Å². The molecule has 0 fully saturated rings. The van der Waals surface area contributed by atoms with Crippen LogP contribution in [0.5, 0.6) is 5.75 Å². The Labute approximate surface area is 112 Å². The van der Waals surface area contributed by atoms with Crippen LogP contribution in [0, 0.1) is 0 Å². The van der Waals surface area contributed by atoms with Gasteiger partial charge >= 0.3 is 0 Å². The molecule has 0 spiro atoms. The molecule has 0 unspecified atom stereocenters. The number of benzene rings is 1. The quantitative estimate of drug-likeness (QED) is 0.504. The highest BCUT2D eigenvalue weighted by atomic mass is 32.2. The van der Waals surface area contributed by atoms with Crippen molar-refractivity contribution < 1.29 is 9.94 Å². The third-order valence-corrected chi connectivity index (χ3v) is 3.94. The molecule has 1 aliphatic carbocycles. The second kappa shape index (κ2) is 6.69. The lowest BCUT2D eigenvalue weighted by Crippen LogP contribution is -2.12. The van der Waals surface area contributed by atoms with E-state index in [4.69, 9.17) is 9.94 Å². The van der Waals surface area contributed by atoms with Crippen molar-refractivity contribution in [3.63, 3.8) is 0 Å². The van der Waals surface area contributed by atoms with E-state index in [0.717, 1.165) is 54.4 Å². The summed E-state index contributed by atoms with van der Waals surface area (Å²) in [7, 11) is 0. The van der Waals surface area contributed by atoms with E-state index in [0.29, 0.717) is 0 Å². The van der Waals surface area contributed by atoms with E-state index in [2.05, 4.69) is 18.1 Å². The van der Waals surface area contributed by atoms with Crippen molar-refractivity contribution in [3.8, 4) is 5.75 Å². The molecule has 3 nitrogen and oxygen atoms in total. The summed E-state index contributed by atoms with van der Waals surface area (Å²) >= 11 is 1.87. The minimum Gasteiger partial charge on any atom is -0.493 e. The second-order valence-corrected chi connectivity index (χ2v) is 5.66. The van der Waals surface area contributed by atoms with Crippen molar-refractivity contribution in [2.24, 2.45) is 5.16 Å². The third kappa shape index (κ3) is 3.19. The average molecular weight is 265 g/mol. The van der Waals surface area contributed by atoms with Crippen LogP contribution >= 0.6 is 11.8 Å². The highest BCUT2D eigenvalue weighted by Crippen LogP contribution is 2.26. The fraction of sp³-hybridized carbons (Fsp3) is 0.500. The van der Waals surface area contributed by atoms with E-state index >= 15 is 0 Å². The summed E-state index contributed by atoms with van der Waals surface area (Å²) in [4.78, 5) is 0. The van der Waals surface area contributed by atoms with Crippen molar-refractivity contribution in [1.29, 1.82) is 0 Å². The molecule has 0 bridgehead atoms. The van der Waals surface area contributed by atoms with Crippen LogP contribution < -0.4 is 4.74 Å². The maximum atomic E-state index is 9.02. The summed E-state index contributed by atoms with van der Waals surface area (Å²) in [6, 6.07) is 6.10. The minimum atomic E-state index is 0.725. The highest BCUT2D eigenvalue weighted by molar-refractivity contribution is 7.99. The molecule has 0 radical (unpaired) electrons. The Morgan fingerprint density at radius 1 is 1.39 bits per heavy atom. The van der Waals surface area contributed by atoms with Crippen molar-refractivity contribution >= 4 is 17.5 Å². The summed E-state index contributed by atoms with van der Waals surface area (Å²) in [6.45, 7) is 2.87. The van der Waals surface area contributed by atoms with Crippen LogP contribution in [0.2, 0.25) is 0 Å². The van der Waals surface area contributed by atoms with Crippen LogP contribution in [0.1, 0.15) is 30.9 Å². The first kappa shape index (κ1) is 13.3. The van der Waals surface area contributed by atoms with Gasteiger partial charge in [-0.05, 0) is 42.7 Å². The molecule has 0 atom stereocenters. The van der Waals surface area contributed by atoms with Crippen molar-refractivity contribution in [1.82, 2.24) is 0 Å². The van der Waals surface area contributed by atoms with Gasteiger partial charge in [0, 0.05) is 11.3 Å². The number of oxime groups is 1. The number of rotatable bonds is 5. The molecule has 1 N–H and O–H groups in total. The largest absolute Gasteiger partial charge is 0.493 e. The first-order chi connectivity index (χ1) is 8.85. The zero-order valence-electron chi connectivity index (χ0n) is 10.7. The number of aryl methyl sites for hydroxylation is 1. The Morgan fingerprint density at radius 3 is 3.06 bits per heavy atom. The molecule has 0 amide bonds. The normalized spacial score (nSPS) is 16.6. The van der Waals surface area contributed by atoms with Crippen LogP contribution in [0.15, 0.2) is 23.4 Å². The molecular formula is C14H19NO2S. The molecular weight excluding hydrogens is 246 g/mol. The molecule has 0 aliphatic heterocycles. The average Bonchev–Trinajstić information content (AvgIpc) is 2.43. The van der Waals surface area contributed by atoms with Gasteiger partial charge in [-0.1, -0.05) is 18.1 Å². The smallest absolute Gasteiger partial charge is 0.120 e. The lowest BCUT2D eigenvalue weighted by Gasteiger charge is -2.17. The Morgan fingerprint density at radius 2 is 2.28 bits per heavy atom. The Bertz CT molecular complexity index is 432. The highest BCUT2D eigenvalue weighted by Gasteiger charge is 2.16. The van der Waals surface area contributed by atoms with E-state index < -0.39 is 0 Å². The molecule has 2 rings (SSSR count). The standard InChI is InChI=1S/C14H19NO2S/c1-2-18-9-8-17-12-7-6-11-4-3-5-14(15-16)13(11)10-12/h6-7,10,16H,2-5,8-9H2,1H3/b15-14-. The molecule has 18 heavy (non-hydrogen) atoms. The lowest BCUT2D eigenvalue weighted by molar-refractivity contribution is 0.317. The Hall–Kier alpha value is -1.16. The molecule has 0 heterocycles. The topological polar surface area (TPSA) is 41.8 Å². The SMILES string of the molecule is CCSCCOc1ccc2c(c1)/C(=N\O)CCC2. The van der Waals surface area contributed by atoms with Crippen molar-refractivity contribution in [2.45, 2.75) is 26.2 Å². The Kier molecular flexibility index (Phi) is 4.93. The van der Waals surface area contributed by atoms with Crippen LogP contribution in [0.3, 0.4) is 0 Å². The van der Waals surface area contributed by atoms with Gasteiger partial charge in [0.05, 0.1) is 12.3 Å². The van der Waals surface area contributed by atoms with Crippen LogP contribution in [-0.4, -0.2) is 29.0 Å². The summed E-state index contributed by atoms with van der Waals surface area (Å²) in [5, 5.41) is 12.4. The van der Waals surface area contributed by atoms with Gasteiger partial charge in [-0.25, -0.2) is 0 Å². The molecule has 1 aromatic rings. The van der Waals surface area contributed by atoms with E-state index in [1.807, 2.05) is 23.9 Å². The summed E-state index contributed by atoms with van der Waals surface area (Å²) in [5.41, 5.74) is 3.08. The number of thioether (sulfide) groups is 1. The van der Waals surface area contributed by atoms with Gasteiger partial charge in [-0.2, -0.15) is 11.8 Å². The van der Waals surface area contributed by atoms with Gasteiger partial charge in [0.2, 0.25) is 0 Å². The van der Waals surface area contributed by atoms with Gasteiger partial charge in [0.1, 0.15) is 5.75 Å². The summed E-state index contributed by atoms with van der Waals surface area (Å²) < 4.78 is 5.71. The summed E-state index contributed by atoms with van der Waals surface area (Å²) in [5.74, 6) is 3.00. The van der Waals surface area contributed by atoms with E-state index in [1.165, 1.54) is 5.56 Å². The molecule has 0 saturated heterocycles. The number of nitrogens with zero attached hydrogens (tertiary/aromatic N) is 1. The number of fused-ring (bicyclic) bond motifs is 1. The minimum absolute atomic E-state index is 0.725. The number of hydrogen-bond donors (Lipinski definition) is 1. The molecule has 0 aromatic heterocycles. The van der Waals surface area contributed by atoms with Crippen LogP contribution in [0.25, 0.3) is 0 Å². The van der Waals surface area contributed by atoms with Gasteiger partial charge in [0.15, 0.2) is 0 Å². The van der Waals surface area contributed by atoms with Gasteiger partial charge in [0.25, 0.3) is 0 Å². The predicted molar refractivity (Wildman–Crippen MR) is 76.2 cm³/mol. The zero-order chi connectivity index (χ0) is 12.8. The molecule has 4 heteroatoms. The fourth-order valence-electron chi connectivity index (χ4n) is 2.18. The maximum absolute atomic E-state index is 9.02. The number of hydrogen-bond acceptors (Lipinski definition) is 4. The maximum Gasteiger partial charge on any atom is 0.120 e. The summed E-state index contributed by atoms with van der Waals surface area (Å²) in [6.07, 6.45) is 2.96. The molecule has 98 valence electrons. The third-order valence-electron chi connectivity index (χ3n) is 3.07. The molecule has 0 saturated carbocycles. The first-order valence-electron chi connectivity index (χ1n) is 6.40.